The molecule has 1 atom stereocenters. The summed E-state index contributed by atoms with van der Waals surface area (Å²) in [4.78, 5) is 0. The van der Waals surface area contributed by atoms with Gasteiger partial charge in [-0.3, -0.25) is 4.68 Å². The molecule has 17 heavy (non-hydrogen) atoms. The molecule has 98 valence electrons. The van der Waals surface area contributed by atoms with Crippen LogP contribution < -0.4 is 10.1 Å². The van der Waals surface area contributed by atoms with Crippen LogP contribution in [-0.4, -0.2) is 29.5 Å². The molecular weight excluding hydrogens is 214 g/mol. The molecule has 4 nitrogen and oxygen atoms in total. The molecule has 0 saturated carbocycles. The van der Waals surface area contributed by atoms with Crippen LogP contribution >= 0.6 is 0 Å². The molecule has 0 aliphatic heterocycles. The van der Waals surface area contributed by atoms with Crippen molar-refractivity contribution in [1.29, 1.82) is 0 Å². The number of hydrogen-bond donors (Lipinski definition) is 1. The van der Waals surface area contributed by atoms with Gasteiger partial charge in [0, 0.05) is 18.5 Å². The standard InChI is InChI=1S/C13H25N3O/c1-6-16-13(12(17-5)9-15-16)11(4)7-8-14-10(2)3/h9-11,14H,6-8H2,1-5H3. The summed E-state index contributed by atoms with van der Waals surface area (Å²) in [5, 5.41) is 7.78. The number of methoxy groups -OCH3 is 1. The van der Waals surface area contributed by atoms with Gasteiger partial charge in [-0.2, -0.15) is 5.10 Å². The molecule has 0 amide bonds. The van der Waals surface area contributed by atoms with E-state index in [1.165, 1.54) is 5.69 Å². The van der Waals surface area contributed by atoms with Crippen LogP contribution in [0.3, 0.4) is 0 Å². The fourth-order valence-corrected chi connectivity index (χ4v) is 2.01. The minimum atomic E-state index is 0.457. The summed E-state index contributed by atoms with van der Waals surface area (Å²) >= 11 is 0. The lowest BCUT2D eigenvalue weighted by Gasteiger charge is -2.16. The van der Waals surface area contributed by atoms with E-state index in [0.717, 1.165) is 25.3 Å². The summed E-state index contributed by atoms with van der Waals surface area (Å²) in [5.74, 6) is 1.36. The Kier molecular flexibility index (Phi) is 5.48. The maximum atomic E-state index is 5.37. The summed E-state index contributed by atoms with van der Waals surface area (Å²) in [6.45, 7) is 10.6. The fraction of sp³-hybridized carbons (Fsp3) is 0.769. The number of aromatic nitrogens is 2. The summed E-state index contributed by atoms with van der Waals surface area (Å²) in [7, 11) is 1.71. The largest absolute Gasteiger partial charge is 0.493 e. The van der Waals surface area contributed by atoms with Gasteiger partial charge in [-0.1, -0.05) is 20.8 Å². The van der Waals surface area contributed by atoms with Gasteiger partial charge in [0.1, 0.15) is 0 Å². The molecule has 1 aromatic heterocycles. The van der Waals surface area contributed by atoms with E-state index < -0.39 is 0 Å². The number of nitrogens with zero attached hydrogens (tertiary/aromatic N) is 2. The Labute approximate surface area is 104 Å². The zero-order valence-electron chi connectivity index (χ0n) is 11.7. The van der Waals surface area contributed by atoms with E-state index in [4.69, 9.17) is 4.74 Å². The van der Waals surface area contributed by atoms with Crippen LogP contribution in [-0.2, 0) is 6.54 Å². The molecule has 1 heterocycles. The van der Waals surface area contributed by atoms with Gasteiger partial charge in [0.25, 0.3) is 0 Å². The van der Waals surface area contributed by atoms with E-state index in [1.807, 2.05) is 10.9 Å². The van der Waals surface area contributed by atoms with Gasteiger partial charge >= 0.3 is 0 Å². The predicted molar refractivity (Wildman–Crippen MR) is 70.6 cm³/mol. The smallest absolute Gasteiger partial charge is 0.160 e. The highest BCUT2D eigenvalue weighted by molar-refractivity contribution is 5.28. The number of ether oxygens (including phenoxy) is 1. The zero-order chi connectivity index (χ0) is 12.8. The average molecular weight is 239 g/mol. The predicted octanol–water partition coefficient (Wildman–Crippen LogP) is 2.40. The molecule has 1 N–H and O–H groups in total. The molecule has 0 radical (unpaired) electrons. The Morgan fingerprint density at radius 3 is 2.65 bits per heavy atom. The van der Waals surface area contributed by atoms with Gasteiger partial charge in [0.15, 0.2) is 5.75 Å². The van der Waals surface area contributed by atoms with Crippen molar-refractivity contribution in [2.45, 2.75) is 52.6 Å². The van der Waals surface area contributed by atoms with Crippen molar-refractivity contribution < 1.29 is 4.74 Å². The number of aryl methyl sites for hydroxylation is 1. The Morgan fingerprint density at radius 2 is 2.12 bits per heavy atom. The first kappa shape index (κ1) is 14.0. The van der Waals surface area contributed by atoms with Gasteiger partial charge in [0.05, 0.1) is 19.0 Å². The molecule has 1 rings (SSSR count). The van der Waals surface area contributed by atoms with Gasteiger partial charge in [0.2, 0.25) is 0 Å². The van der Waals surface area contributed by atoms with Crippen molar-refractivity contribution in [2.75, 3.05) is 13.7 Å². The molecule has 0 saturated heterocycles. The van der Waals surface area contributed by atoms with Crippen molar-refractivity contribution in [2.24, 2.45) is 0 Å². The van der Waals surface area contributed by atoms with Crippen LogP contribution in [0.1, 0.15) is 45.7 Å². The van der Waals surface area contributed by atoms with Crippen LogP contribution in [0.5, 0.6) is 5.75 Å². The van der Waals surface area contributed by atoms with Gasteiger partial charge in [-0.05, 0) is 19.9 Å². The maximum absolute atomic E-state index is 5.37. The third-order valence-corrected chi connectivity index (χ3v) is 2.96. The topological polar surface area (TPSA) is 39.1 Å². The van der Waals surface area contributed by atoms with Gasteiger partial charge in [-0.25, -0.2) is 0 Å². The van der Waals surface area contributed by atoms with E-state index in [1.54, 1.807) is 7.11 Å². The molecule has 1 aromatic rings. The summed E-state index contributed by atoms with van der Waals surface area (Å²) < 4.78 is 7.40. The summed E-state index contributed by atoms with van der Waals surface area (Å²) in [6.07, 6.45) is 2.91. The van der Waals surface area contributed by atoms with E-state index >= 15 is 0 Å². The van der Waals surface area contributed by atoms with Crippen molar-refractivity contribution in [3.05, 3.63) is 11.9 Å². The van der Waals surface area contributed by atoms with Crippen molar-refractivity contribution >= 4 is 0 Å². The Morgan fingerprint density at radius 1 is 1.41 bits per heavy atom. The van der Waals surface area contributed by atoms with Crippen LogP contribution in [0.15, 0.2) is 6.20 Å². The molecule has 0 fully saturated rings. The first-order valence-electron chi connectivity index (χ1n) is 6.43. The molecule has 1 unspecified atom stereocenters. The van der Waals surface area contributed by atoms with Gasteiger partial charge < -0.3 is 10.1 Å². The highest BCUT2D eigenvalue weighted by atomic mass is 16.5. The molecule has 4 heteroatoms. The van der Waals surface area contributed by atoms with E-state index in [9.17, 15) is 0 Å². The van der Waals surface area contributed by atoms with Crippen LogP contribution in [0.25, 0.3) is 0 Å². The molecule has 0 spiro atoms. The third-order valence-electron chi connectivity index (χ3n) is 2.96. The van der Waals surface area contributed by atoms with Crippen LogP contribution in [0.2, 0.25) is 0 Å². The number of rotatable bonds is 7. The van der Waals surface area contributed by atoms with E-state index in [2.05, 4.69) is 38.1 Å². The lowest BCUT2D eigenvalue weighted by atomic mass is 10.0. The second-order valence-electron chi connectivity index (χ2n) is 4.71. The Bertz CT molecular complexity index is 312. The highest BCUT2D eigenvalue weighted by Gasteiger charge is 2.17. The Hall–Kier alpha value is -1.03. The molecular formula is C13H25N3O. The van der Waals surface area contributed by atoms with Crippen LogP contribution in [0.4, 0.5) is 0 Å². The first-order chi connectivity index (χ1) is 8.10. The monoisotopic (exact) mass is 239 g/mol. The maximum Gasteiger partial charge on any atom is 0.160 e. The van der Waals surface area contributed by atoms with Crippen molar-refractivity contribution in [1.82, 2.24) is 15.1 Å². The normalized spacial score (nSPS) is 13.1. The lowest BCUT2D eigenvalue weighted by Crippen LogP contribution is -2.25. The minimum Gasteiger partial charge on any atom is -0.493 e. The van der Waals surface area contributed by atoms with Crippen molar-refractivity contribution in [3.8, 4) is 5.75 Å². The fourth-order valence-electron chi connectivity index (χ4n) is 2.01. The summed E-state index contributed by atoms with van der Waals surface area (Å²) in [5.41, 5.74) is 1.21. The second kappa shape index (κ2) is 6.64. The Balaban J connectivity index is 2.66. The minimum absolute atomic E-state index is 0.457. The average Bonchev–Trinajstić information content (AvgIpc) is 2.70. The van der Waals surface area contributed by atoms with E-state index in [-0.39, 0.29) is 0 Å². The lowest BCUT2D eigenvalue weighted by molar-refractivity contribution is 0.399. The first-order valence-corrected chi connectivity index (χ1v) is 6.43. The van der Waals surface area contributed by atoms with Crippen LogP contribution in [0, 0.1) is 0 Å². The molecule has 0 aliphatic carbocycles. The quantitative estimate of drug-likeness (QED) is 0.794. The highest BCUT2D eigenvalue weighted by Crippen LogP contribution is 2.28. The molecule has 0 bridgehead atoms. The van der Waals surface area contributed by atoms with Gasteiger partial charge in [-0.15, -0.1) is 0 Å². The summed E-state index contributed by atoms with van der Waals surface area (Å²) in [6, 6.07) is 0.542. The zero-order valence-corrected chi connectivity index (χ0v) is 11.7. The van der Waals surface area contributed by atoms with Crippen molar-refractivity contribution in [3.63, 3.8) is 0 Å². The third kappa shape index (κ3) is 3.73. The number of nitrogens with one attached hydrogen (secondary N) is 1. The SMILES string of the molecule is CCn1ncc(OC)c1C(C)CCNC(C)C. The molecule has 0 aliphatic rings. The van der Waals surface area contributed by atoms with E-state index in [0.29, 0.717) is 12.0 Å². The second-order valence-corrected chi connectivity index (χ2v) is 4.71. The molecule has 0 aromatic carbocycles. The number of hydrogen-bond acceptors (Lipinski definition) is 3.